The summed E-state index contributed by atoms with van der Waals surface area (Å²) in [4.78, 5) is 12.1. The molecule has 2 aromatic rings. The molecule has 138 valence electrons. The van der Waals surface area contributed by atoms with E-state index in [2.05, 4.69) is 12.2 Å². The number of hydrogen-bond donors (Lipinski definition) is 1. The lowest BCUT2D eigenvalue weighted by atomic mass is 10.2. The molecule has 5 nitrogen and oxygen atoms in total. The highest BCUT2D eigenvalue weighted by atomic mass is 16.5. The van der Waals surface area contributed by atoms with E-state index < -0.39 is 0 Å². The summed E-state index contributed by atoms with van der Waals surface area (Å²) in [7, 11) is 3.12. The van der Waals surface area contributed by atoms with E-state index in [1.165, 1.54) is 6.08 Å². The van der Waals surface area contributed by atoms with E-state index in [1.807, 2.05) is 24.3 Å². The summed E-state index contributed by atoms with van der Waals surface area (Å²) in [6, 6.07) is 12.9. The minimum absolute atomic E-state index is 0.222. The first-order valence-corrected chi connectivity index (χ1v) is 8.60. The highest BCUT2D eigenvalue weighted by molar-refractivity contribution is 6.02. The SMILES string of the molecule is CCCCOc1ccc(C=CC(=O)Nc2ccc(OC)c(OC)c2)cc1. The van der Waals surface area contributed by atoms with Crippen LogP contribution >= 0.6 is 0 Å². The van der Waals surface area contributed by atoms with Crippen molar-refractivity contribution in [1.29, 1.82) is 0 Å². The summed E-state index contributed by atoms with van der Waals surface area (Å²) < 4.78 is 16.0. The van der Waals surface area contributed by atoms with Crippen LogP contribution < -0.4 is 19.5 Å². The second kappa shape index (κ2) is 10.1. The second-order valence-corrected chi connectivity index (χ2v) is 5.66. The number of ether oxygens (including phenoxy) is 3. The molecule has 1 amide bonds. The molecule has 2 aromatic carbocycles. The number of nitrogens with one attached hydrogen (secondary N) is 1. The molecule has 2 rings (SSSR count). The van der Waals surface area contributed by atoms with Crippen LogP contribution in [-0.4, -0.2) is 26.7 Å². The fourth-order valence-electron chi connectivity index (χ4n) is 2.28. The molecule has 0 unspecified atom stereocenters. The molecule has 0 atom stereocenters. The molecule has 0 saturated carbocycles. The van der Waals surface area contributed by atoms with E-state index in [9.17, 15) is 4.79 Å². The Kier molecular flexibility index (Phi) is 7.55. The molecule has 0 heterocycles. The average molecular weight is 355 g/mol. The Morgan fingerprint density at radius 1 is 1.04 bits per heavy atom. The van der Waals surface area contributed by atoms with E-state index in [-0.39, 0.29) is 5.91 Å². The van der Waals surface area contributed by atoms with E-state index >= 15 is 0 Å². The Bertz CT molecular complexity index is 738. The van der Waals surface area contributed by atoms with Gasteiger partial charge in [-0.1, -0.05) is 25.5 Å². The summed E-state index contributed by atoms with van der Waals surface area (Å²) in [5.74, 6) is 1.79. The van der Waals surface area contributed by atoms with Crippen LogP contribution in [0.2, 0.25) is 0 Å². The van der Waals surface area contributed by atoms with Crippen LogP contribution in [-0.2, 0) is 4.79 Å². The average Bonchev–Trinajstić information content (AvgIpc) is 2.67. The van der Waals surface area contributed by atoms with Gasteiger partial charge in [-0.05, 0) is 42.3 Å². The van der Waals surface area contributed by atoms with Crippen LogP contribution in [0.15, 0.2) is 48.5 Å². The number of rotatable bonds is 9. The zero-order valence-corrected chi connectivity index (χ0v) is 15.5. The summed E-state index contributed by atoms with van der Waals surface area (Å²) >= 11 is 0. The molecule has 0 spiro atoms. The monoisotopic (exact) mass is 355 g/mol. The van der Waals surface area contributed by atoms with Crippen molar-refractivity contribution in [2.45, 2.75) is 19.8 Å². The minimum atomic E-state index is -0.222. The minimum Gasteiger partial charge on any atom is -0.494 e. The van der Waals surface area contributed by atoms with Gasteiger partial charge in [0.15, 0.2) is 11.5 Å². The number of methoxy groups -OCH3 is 2. The van der Waals surface area contributed by atoms with Gasteiger partial charge in [0.1, 0.15) is 5.75 Å². The topological polar surface area (TPSA) is 56.8 Å². The lowest BCUT2D eigenvalue weighted by Gasteiger charge is -2.09. The van der Waals surface area contributed by atoms with E-state index in [0.717, 1.165) is 30.8 Å². The number of anilines is 1. The first-order valence-electron chi connectivity index (χ1n) is 8.60. The molecule has 0 aliphatic heterocycles. The number of hydrogen-bond acceptors (Lipinski definition) is 4. The van der Waals surface area contributed by atoms with Gasteiger partial charge in [-0.2, -0.15) is 0 Å². The third kappa shape index (κ3) is 5.84. The Morgan fingerprint density at radius 2 is 1.77 bits per heavy atom. The molecule has 0 aliphatic carbocycles. The zero-order chi connectivity index (χ0) is 18.8. The van der Waals surface area contributed by atoms with Crippen LogP contribution in [0, 0.1) is 0 Å². The predicted molar refractivity (Wildman–Crippen MR) is 104 cm³/mol. The molecular weight excluding hydrogens is 330 g/mol. The van der Waals surface area contributed by atoms with Gasteiger partial charge in [-0.25, -0.2) is 0 Å². The van der Waals surface area contributed by atoms with Gasteiger partial charge in [0.25, 0.3) is 0 Å². The summed E-state index contributed by atoms with van der Waals surface area (Å²) in [5, 5.41) is 2.80. The van der Waals surface area contributed by atoms with Gasteiger partial charge in [-0.15, -0.1) is 0 Å². The van der Waals surface area contributed by atoms with Crippen molar-refractivity contribution < 1.29 is 19.0 Å². The quantitative estimate of drug-likeness (QED) is 0.530. The van der Waals surface area contributed by atoms with Crippen molar-refractivity contribution in [3.05, 3.63) is 54.1 Å². The molecule has 5 heteroatoms. The zero-order valence-electron chi connectivity index (χ0n) is 15.5. The maximum absolute atomic E-state index is 12.1. The number of benzene rings is 2. The fourth-order valence-corrected chi connectivity index (χ4v) is 2.28. The lowest BCUT2D eigenvalue weighted by Crippen LogP contribution is -2.07. The predicted octanol–water partition coefficient (Wildman–Crippen LogP) is 4.53. The van der Waals surface area contributed by atoms with Crippen molar-refractivity contribution in [2.24, 2.45) is 0 Å². The summed E-state index contributed by atoms with van der Waals surface area (Å²) in [6.07, 6.45) is 5.39. The number of unbranched alkanes of at least 4 members (excludes halogenated alkanes) is 1. The fraction of sp³-hybridized carbons (Fsp3) is 0.286. The Balaban J connectivity index is 1.92. The van der Waals surface area contributed by atoms with Crippen molar-refractivity contribution in [2.75, 3.05) is 26.1 Å². The third-order valence-electron chi connectivity index (χ3n) is 3.72. The standard InChI is InChI=1S/C21H25NO4/c1-4-5-14-26-18-10-6-16(7-11-18)8-13-21(23)22-17-9-12-19(24-2)20(15-17)25-3/h6-13,15H,4-5,14H2,1-3H3,(H,22,23). The Labute approximate surface area is 154 Å². The van der Waals surface area contributed by atoms with E-state index in [1.54, 1.807) is 38.5 Å². The third-order valence-corrected chi connectivity index (χ3v) is 3.72. The molecule has 0 radical (unpaired) electrons. The van der Waals surface area contributed by atoms with Gasteiger partial charge in [0.05, 0.1) is 20.8 Å². The molecule has 0 aliphatic rings. The largest absolute Gasteiger partial charge is 0.494 e. The number of carbonyl (C=O) groups excluding carboxylic acids is 1. The smallest absolute Gasteiger partial charge is 0.248 e. The number of amides is 1. The van der Waals surface area contributed by atoms with Gasteiger partial charge in [0.2, 0.25) is 5.91 Å². The highest BCUT2D eigenvalue weighted by Gasteiger charge is 2.05. The Hall–Kier alpha value is -2.95. The van der Waals surface area contributed by atoms with Crippen LogP contribution in [0.3, 0.4) is 0 Å². The normalized spacial score (nSPS) is 10.6. The van der Waals surface area contributed by atoms with Crippen LogP contribution in [0.25, 0.3) is 6.08 Å². The highest BCUT2D eigenvalue weighted by Crippen LogP contribution is 2.29. The molecular formula is C21H25NO4. The first kappa shape index (κ1) is 19.4. The lowest BCUT2D eigenvalue weighted by molar-refractivity contribution is -0.111. The molecule has 1 N–H and O–H groups in total. The van der Waals surface area contributed by atoms with Gasteiger partial charge in [0, 0.05) is 17.8 Å². The van der Waals surface area contributed by atoms with Crippen molar-refractivity contribution in [3.8, 4) is 17.2 Å². The Morgan fingerprint density at radius 3 is 2.42 bits per heavy atom. The van der Waals surface area contributed by atoms with Gasteiger partial charge >= 0.3 is 0 Å². The van der Waals surface area contributed by atoms with Crippen LogP contribution in [0.5, 0.6) is 17.2 Å². The van der Waals surface area contributed by atoms with Crippen molar-refractivity contribution >= 4 is 17.7 Å². The van der Waals surface area contributed by atoms with E-state index in [4.69, 9.17) is 14.2 Å². The van der Waals surface area contributed by atoms with Gasteiger partial charge in [-0.3, -0.25) is 4.79 Å². The molecule has 26 heavy (non-hydrogen) atoms. The van der Waals surface area contributed by atoms with Crippen LogP contribution in [0.1, 0.15) is 25.3 Å². The first-order chi connectivity index (χ1) is 12.7. The van der Waals surface area contributed by atoms with Crippen molar-refractivity contribution in [3.63, 3.8) is 0 Å². The molecule has 0 aromatic heterocycles. The summed E-state index contributed by atoms with van der Waals surface area (Å²) in [6.45, 7) is 2.85. The van der Waals surface area contributed by atoms with Crippen LogP contribution in [0.4, 0.5) is 5.69 Å². The van der Waals surface area contributed by atoms with Crippen molar-refractivity contribution in [1.82, 2.24) is 0 Å². The maximum atomic E-state index is 12.1. The maximum Gasteiger partial charge on any atom is 0.248 e. The second-order valence-electron chi connectivity index (χ2n) is 5.66. The van der Waals surface area contributed by atoms with E-state index in [0.29, 0.717) is 17.2 Å². The number of carbonyl (C=O) groups is 1. The molecule has 0 saturated heterocycles. The van der Waals surface area contributed by atoms with Gasteiger partial charge < -0.3 is 19.5 Å². The molecule has 0 bridgehead atoms. The molecule has 0 fully saturated rings. The summed E-state index contributed by atoms with van der Waals surface area (Å²) in [5.41, 5.74) is 1.56.